The maximum absolute atomic E-state index is 12.9. The van der Waals surface area contributed by atoms with E-state index in [9.17, 15) is 37.9 Å². The van der Waals surface area contributed by atoms with Crippen molar-refractivity contribution in [3.05, 3.63) is 0 Å². The highest BCUT2D eigenvalue weighted by molar-refractivity contribution is 7.85. The van der Waals surface area contributed by atoms with Crippen molar-refractivity contribution in [2.24, 2.45) is 0 Å². The van der Waals surface area contributed by atoms with Crippen LogP contribution in [0.5, 0.6) is 0 Å². The summed E-state index contributed by atoms with van der Waals surface area (Å²) in [5, 5.41) is 31.1. The summed E-state index contributed by atoms with van der Waals surface area (Å²) in [6, 6.07) is 0. The van der Waals surface area contributed by atoms with E-state index in [-0.39, 0.29) is 19.4 Å². The highest BCUT2D eigenvalue weighted by Crippen LogP contribution is 2.24. The van der Waals surface area contributed by atoms with E-state index in [4.69, 9.17) is 18.9 Å². The molecule has 12 nitrogen and oxygen atoms in total. The van der Waals surface area contributed by atoms with E-state index in [1.807, 2.05) is 0 Å². The number of carbonyl (C=O) groups excluding carboxylic acids is 2. The molecule has 1 aliphatic rings. The maximum atomic E-state index is 12.9. The highest BCUT2D eigenvalue weighted by atomic mass is 32.2. The number of rotatable bonds is 51. The Morgan fingerprint density at radius 1 is 0.435 bits per heavy atom. The van der Waals surface area contributed by atoms with Crippen molar-refractivity contribution in [3.8, 4) is 0 Å². The van der Waals surface area contributed by atoms with E-state index in [0.717, 1.165) is 38.5 Å². The zero-order valence-corrected chi connectivity index (χ0v) is 45.3. The average Bonchev–Trinajstić information content (AvgIpc) is 3.32. The monoisotopic (exact) mass is 1000 g/mol. The molecule has 0 spiro atoms. The van der Waals surface area contributed by atoms with E-state index in [1.54, 1.807) is 0 Å². The van der Waals surface area contributed by atoms with E-state index in [2.05, 4.69) is 13.8 Å². The van der Waals surface area contributed by atoms with Crippen LogP contribution in [0.2, 0.25) is 0 Å². The second kappa shape index (κ2) is 46.4. The van der Waals surface area contributed by atoms with Gasteiger partial charge in [-0.05, 0) is 12.8 Å². The summed E-state index contributed by atoms with van der Waals surface area (Å²) in [4.78, 5) is 25.6. The smallest absolute Gasteiger partial charge is 0.306 e. The summed E-state index contributed by atoms with van der Waals surface area (Å²) in [5.74, 6) is -1.95. The summed E-state index contributed by atoms with van der Waals surface area (Å²) in [6.45, 7) is 3.84. The lowest BCUT2D eigenvalue weighted by molar-refractivity contribution is -0.297. The molecule has 0 aromatic rings. The first kappa shape index (κ1) is 65.7. The number of aliphatic hydroxyl groups excluding tert-OH is 3. The number of hydrogen-bond acceptors (Lipinski definition) is 11. The van der Waals surface area contributed by atoms with Gasteiger partial charge in [0.25, 0.3) is 10.1 Å². The van der Waals surface area contributed by atoms with Crippen LogP contribution in [0, 0.1) is 0 Å². The van der Waals surface area contributed by atoms with Crippen LogP contribution in [-0.2, 0) is 38.7 Å². The molecule has 0 aromatic carbocycles. The quantitative estimate of drug-likeness (QED) is 0.0257. The first-order chi connectivity index (χ1) is 33.5. The van der Waals surface area contributed by atoms with Gasteiger partial charge in [0.05, 0.1) is 6.61 Å². The Balaban J connectivity index is 2.29. The van der Waals surface area contributed by atoms with Crippen LogP contribution in [0.15, 0.2) is 0 Å². The lowest BCUT2D eigenvalue weighted by Crippen LogP contribution is -2.60. The molecule has 6 atom stereocenters. The maximum Gasteiger partial charge on any atom is 0.306 e. The number of hydrogen-bond donors (Lipinski definition) is 4. The molecule has 0 radical (unpaired) electrons. The minimum Gasteiger partial charge on any atom is -0.462 e. The summed E-state index contributed by atoms with van der Waals surface area (Å²) in [7, 11) is -4.60. The molecule has 0 amide bonds. The molecular formula is C56H108O12S. The van der Waals surface area contributed by atoms with Gasteiger partial charge in [-0.15, -0.1) is 0 Å². The lowest BCUT2D eigenvalue weighted by Gasteiger charge is -2.40. The number of esters is 2. The van der Waals surface area contributed by atoms with Gasteiger partial charge in [0.2, 0.25) is 0 Å². The van der Waals surface area contributed by atoms with Crippen molar-refractivity contribution in [3.63, 3.8) is 0 Å². The Labute approximate surface area is 423 Å². The molecule has 69 heavy (non-hydrogen) atoms. The molecule has 13 heteroatoms. The fraction of sp³-hybridized carbons (Fsp3) is 0.964. The molecule has 1 aliphatic heterocycles. The third kappa shape index (κ3) is 40.8. The van der Waals surface area contributed by atoms with E-state index in [1.165, 1.54) is 212 Å². The molecule has 0 saturated carbocycles. The third-order valence-corrected chi connectivity index (χ3v) is 14.7. The van der Waals surface area contributed by atoms with Crippen LogP contribution in [0.25, 0.3) is 0 Å². The fourth-order valence-corrected chi connectivity index (χ4v) is 10.1. The van der Waals surface area contributed by atoms with Crippen molar-refractivity contribution in [1.29, 1.82) is 0 Å². The van der Waals surface area contributed by atoms with E-state index >= 15 is 0 Å². The Morgan fingerprint density at radius 3 is 1.06 bits per heavy atom. The number of unbranched alkanes of at least 4 members (excludes halogenated alkanes) is 39. The van der Waals surface area contributed by atoms with Gasteiger partial charge in [0.15, 0.2) is 12.4 Å². The zero-order valence-electron chi connectivity index (χ0n) is 44.5. The Hall–Kier alpha value is -1.35. The van der Waals surface area contributed by atoms with Crippen molar-refractivity contribution >= 4 is 22.1 Å². The lowest BCUT2D eigenvalue weighted by atomic mass is 10.00. The van der Waals surface area contributed by atoms with Crippen LogP contribution in [0.4, 0.5) is 0 Å². The second-order valence-corrected chi connectivity index (χ2v) is 22.2. The SMILES string of the molecule is CCCCCCCCCCCCCCCCCCCCCCCCC(=O)O[C@H](COC(=O)CCCCCCCCCCCCCCCCCCCCC)CO[C@H]1O[C@H](CS(=O)(=O)O)[C@@H](O)C(O)C1O. The van der Waals surface area contributed by atoms with Crippen LogP contribution < -0.4 is 0 Å². The minimum absolute atomic E-state index is 0.173. The molecule has 1 fully saturated rings. The molecule has 1 saturated heterocycles. The van der Waals surface area contributed by atoms with Gasteiger partial charge in [-0.1, -0.05) is 264 Å². The number of aliphatic hydroxyl groups is 3. The molecule has 0 aliphatic carbocycles. The number of carbonyl (C=O) groups is 2. The second-order valence-electron chi connectivity index (χ2n) is 20.7. The van der Waals surface area contributed by atoms with Gasteiger partial charge < -0.3 is 34.3 Å². The van der Waals surface area contributed by atoms with E-state index in [0.29, 0.717) is 12.8 Å². The Kier molecular flexibility index (Phi) is 44.2. The molecule has 0 aromatic heterocycles. The van der Waals surface area contributed by atoms with Crippen LogP contribution in [-0.4, -0.2) is 96.0 Å². The van der Waals surface area contributed by atoms with Gasteiger partial charge in [0.1, 0.15) is 36.8 Å². The zero-order chi connectivity index (χ0) is 50.5. The van der Waals surface area contributed by atoms with Crippen molar-refractivity contribution in [2.75, 3.05) is 19.0 Å². The predicted molar refractivity (Wildman–Crippen MR) is 280 cm³/mol. The summed E-state index contributed by atoms with van der Waals surface area (Å²) in [5.41, 5.74) is 0. The normalized spacial score (nSPS) is 19.0. The number of ether oxygens (including phenoxy) is 4. The van der Waals surface area contributed by atoms with Crippen molar-refractivity contribution in [1.82, 2.24) is 0 Å². The summed E-state index contributed by atoms with van der Waals surface area (Å²) < 4.78 is 54.4. The molecule has 4 N–H and O–H groups in total. The topological polar surface area (TPSA) is 186 Å². The van der Waals surface area contributed by atoms with Crippen molar-refractivity contribution < 1.29 is 56.8 Å². The molecule has 1 rings (SSSR count). The average molecular weight is 1010 g/mol. The molecule has 1 heterocycles. The summed E-state index contributed by atoms with van der Waals surface area (Å²) in [6.07, 6.45) is 42.9. The van der Waals surface area contributed by atoms with E-state index < -0.39 is 71.2 Å². The standard InChI is InChI=1S/C56H108O12S/c1-3-5-7-9-11-13-15-17-19-21-23-24-25-27-29-31-33-35-37-39-41-43-45-52(58)67-49(47-66-56-55(61)54(60)53(59)50(68-56)48-69(62,63)64)46-65-51(57)44-42-40-38-36-34-32-30-28-26-22-20-18-16-14-12-10-8-6-4-2/h49-50,53-56,59-61H,3-48H2,1-2H3,(H,62,63,64)/t49-,50-,53-,54?,55?,56+/m1/s1. The van der Waals surface area contributed by atoms with Crippen molar-refractivity contribution in [2.45, 2.75) is 327 Å². The fourth-order valence-electron chi connectivity index (χ4n) is 9.45. The van der Waals surface area contributed by atoms with Gasteiger partial charge in [-0.2, -0.15) is 8.42 Å². The summed E-state index contributed by atoms with van der Waals surface area (Å²) >= 11 is 0. The largest absolute Gasteiger partial charge is 0.462 e. The predicted octanol–water partition coefficient (Wildman–Crippen LogP) is 14.0. The van der Waals surface area contributed by atoms with Gasteiger partial charge >= 0.3 is 11.9 Å². The van der Waals surface area contributed by atoms with Crippen LogP contribution >= 0.6 is 0 Å². The Bertz CT molecular complexity index is 1270. The molecule has 410 valence electrons. The highest BCUT2D eigenvalue weighted by Gasteiger charge is 2.46. The van der Waals surface area contributed by atoms with Gasteiger partial charge in [-0.3, -0.25) is 14.1 Å². The Morgan fingerprint density at radius 2 is 0.739 bits per heavy atom. The van der Waals surface area contributed by atoms with Crippen LogP contribution in [0.1, 0.15) is 290 Å². The van der Waals surface area contributed by atoms with Gasteiger partial charge in [-0.25, -0.2) is 0 Å². The molecule has 0 bridgehead atoms. The molecular weight excluding hydrogens is 897 g/mol. The van der Waals surface area contributed by atoms with Gasteiger partial charge in [0, 0.05) is 12.8 Å². The molecule has 2 unspecified atom stereocenters. The first-order valence-corrected chi connectivity index (χ1v) is 30.7. The third-order valence-electron chi connectivity index (χ3n) is 13.9. The minimum atomic E-state index is -4.60. The van der Waals surface area contributed by atoms with Crippen LogP contribution in [0.3, 0.4) is 0 Å². The first-order valence-electron chi connectivity index (χ1n) is 29.1.